The van der Waals surface area contributed by atoms with E-state index >= 15 is 0 Å². The van der Waals surface area contributed by atoms with Gasteiger partial charge in [-0.3, -0.25) is 4.79 Å². The third kappa shape index (κ3) is 8.68. The van der Waals surface area contributed by atoms with Crippen LogP contribution in [0.25, 0.3) is 0 Å². The fraction of sp³-hybridized carbons (Fsp3) is 0.833. The molecule has 5 nitrogen and oxygen atoms in total. The van der Waals surface area contributed by atoms with E-state index in [1.165, 1.54) is 0 Å². The van der Waals surface area contributed by atoms with Gasteiger partial charge in [-0.05, 0) is 32.6 Å². The second kappa shape index (κ2) is 6.59. The average Bonchev–Trinajstić information content (AvgIpc) is 2.11. The zero-order chi connectivity index (χ0) is 13.6. The summed E-state index contributed by atoms with van der Waals surface area (Å²) in [6.45, 7) is 7.52. The molecule has 0 unspecified atom stereocenters. The second-order valence-corrected chi connectivity index (χ2v) is 5.58. The van der Waals surface area contributed by atoms with E-state index in [4.69, 9.17) is 10.8 Å². The predicted molar refractivity (Wildman–Crippen MR) is 66.5 cm³/mol. The third-order valence-corrected chi connectivity index (χ3v) is 2.34. The summed E-state index contributed by atoms with van der Waals surface area (Å²) in [5, 5.41) is 11.5. The monoisotopic (exact) mass is 244 g/mol. The molecule has 0 radical (unpaired) electrons. The number of carbonyl (C=O) groups is 2. The highest BCUT2D eigenvalue weighted by Gasteiger charge is 2.21. The van der Waals surface area contributed by atoms with Crippen LogP contribution in [0.1, 0.15) is 47.0 Å². The summed E-state index contributed by atoms with van der Waals surface area (Å²) < 4.78 is 0. The minimum atomic E-state index is -0.987. The molecule has 0 aliphatic heterocycles. The van der Waals surface area contributed by atoms with Crippen LogP contribution in [0.2, 0.25) is 0 Å². The molecule has 1 atom stereocenters. The first-order valence-corrected chi connectivity index (χ1v) is 5.93. The largest absolute Gasteiger partial charge is 0.480 e. The minimum Gasteiger partial charge on any atom is -0.480 e. The molecule has 4 N–H and O–H groups in total. The lowest BCUT2D eigenvalue weighted by Gasteiger charge is -2.20. The topological polar surface area (TPSA) is 92.4 Å². The van der Waals surface area contributed by atoms with Gasteiger partial charge in [-0.15, -0.1) is 0 Å². The number of hydrogen-bond donors (Lipinski definition) is 3. The summed E-state index contributed by atoms with van der Waals surface area (Å²) in [4.78, 5) is 22.5. The number of aliphatic carboxylic acids is 1. The number of carboxylic acids is 1. The molecule has 0 aromatic heterocycles. The molecule has 0 bridgehead atoms. The third-order valence-electron chi connectivity index (χ3n) is 2.34. The van der Waals surface area contributed by atoms with Gasteiger partial charge in [0.05, 0.1) is 0 Å². The molecule has 100 valence electrons. The number of hydrogen-bond acceptors (Lipinski definition) is 3. The van der Waals surface area contributed by atoms with Crippen molar-refractivity contribution in [3.05, 3.63) is 0 Å². The van der Waals surface area contributed by atoms with Crippen molar-refractivity contribution in [1.29, 1.82) is 0 Å². The lowest BCUT2D eigenvalue weighted by atomic mass is 9.99. The Morgan fingerprint density at radius 2 is 1.88 bits per heavy atom. The normalized spacial score (nSPS) is 13.5. The number of rotatable bonds is 7. The van der Waals surface area contributed by atoms with Crippen LogP contribution in [0.5, 0.6) is 0 Å². The first kappa shape index (κ1) is 15.9. The summed E-state index contributed by atoms with van der Waals surface area (Å²) in [5.74, 6) is -1.02. The van der Waals surface area contributed by atoms with Gasteiger partial charge in [0.1, 0.15) is 6.04 Å². The van der Waals surface area contributed by atoms with Crippen molar-refractivity contribution in [3.8, 4) is 0 Å². The van der Waals surface area contributed by atoms with Crippen LogP contribution in [0.4, 0.5) is 0 Å². The molecule has 0 aromatic carbocycles. The molecule has 0 saturated heterocycles. The van der Waals surface area contributed by atoms with Gasteiger partial charge >= 0.3 is 5.97 Å². The van der Waals surface area contributed by atoms with Crippen LogP contribution in [0, 0.1) is 5.92 Å². The first-order chi connectivity index (χ1) is 7.61. The summed E-state index contributed by atoms with van der Waals surface area (Å²) in [7, 11) is 0. The van der Waals surface area contributed by atoms with Gasteiger partial charge < -0.3 is 16.2 Å². The number of nitrogens with one attached hydrogen (secondary N) is 1. The van der Waals surface area contributed by atoms with Gasteiger partial charge in [-0.25, -0.2) is 4.79 Å². The van der Waals surface area contributed by atoms with E-state index < -0.39 is 17.6 Å². The number of carboxylic acid groups (broad SMARTS) is 1. The number of amides is 1. The molecule has 17 heavy (non-hydrogen) atoms. The smallest absolute Gasteiger partial charge is 0.326 e. The summed E-state index contributed by atoms with van der Waals surface area (Å²) in [6.07, 6.45) is 1.23. The standard InChI is InChI=1S/C12H24N2O3/c1-8(2)7-9(11(16)17)14-10(15)5-6-12(3,4)13/h8-9H,5-7,13H2,1-4H3,(H,14,15)(H,16,17)/t9-/m1/s1. The molecular weight excluding hydrogens is 220 g/mol. The second-order valence-electron chi connectivity index (χ2n) is 5.58. The fourth-order valence-electron chi connectivity index (χ4n) is 1.40. The maximum absolute atomic E-state index is 11.6. The number of nitrogens with two attached hydrogens (primary N) is 1. The van der Waals surface area contributed by atoms with Crippen LogP contribution in [-0.4, -0.2) is 28.6 Å². The van der Waals surface area contributed by atoms with Gasteiger partial charge in [-0.1, -0.05) is 13.8 Å². The molecular formula is C12H24N2O3. The molecule has 0 aromatic rings. The zero-order valence-electron chi connectivity index (χ0n) is 11.1. The van der Waals surface area contributed by atoms with Gasteiger partial charge in [-0.2, -0.15) is 0 Å². The van der Waals surface area contributed by atoms with Crippen molar-refractivity contribution in [3.63, 3.8) is 0 Å². The van der Waals surface area contributed by atoms with Crippen LogP contribution in [-0.2, 0) is 9.59 Å². The van der Waals surface area contributed by atoms with E-state index in [0.717, 1.165) is 0 Å². The number of carbonyl (C=O) groups excluding carboxylic acids is 1. The predicted octanol–water partition coefficient (Wildman–Crippen LogP) is 1.12. The molecule has 5 heteroatoms. The summed E-state index contributed by atoms with van der Waals surface area (Å²) >= 11 is 0. The molecule has 1 amide bonds. The molecule has 0 fully saturated rings. The molecule has 0 spiro atoms. The van der Waals surface area contributed by atoms with Gasteiger partial charge in [0.25, 0.3) is 0 Å². The van der Waals surface area contributed by atoms with Crippen molar-refractivity contribution in [2.24, 2.45) is 11.7 Å². The van der Waals surface area contributed by atoms with Crippen molar-refractivity contribution < 1.29 is 14.7 Å². The van der Waals surface area contributed by atoms with Crippen LogP contribution in [0.3, 0.4) is 0 Å². The highest BCUT2D eigenvalue weighted by molar-refractivity contribution is 5.83. The van der Waals surface area contributed by atoms with Gasteiger partial charge in [0.15, 0.2) is 0 Å². The van der Waals surface area contributed by atoms with Crippen molar-refractivity contribution >= 4 is 11.9 Å². The van der Waals surface area contributed by atoms with Gasteiger partial charge in [0.2, 0.25) is 5.91 Å². The molecule has 0 heterocycles. The van der Waals surface area contributed by atoms with Crippen LogP contribution >= 0.6 is 0 Å². The molecule has 0 saturated carbocycles. The van der Waals surface area contributed by atoms with Crippen LogP contribution < -0.4 is 11.1 Å². The molecule has 0 aliphatic carbocycles. The maximum atomic E-state index is 11.6. The van der Waals surface area contributed by atoms with Crippen molar-refractivity contribution in [2.75, 3.05) is 0 Å². The Kier molecular flexibility index (Phi) is 6.16. The van der Waals surface area contributed by atoms with Gasteiger partial charge in [0, 0.05) is 12.0 Å². The fourth-order valence-corrected chi connectivity index (χ4v) is 1.40. The van der Waals surface area contributed by atoms with E-state index in [0.29, 0.717) is 12.8 Å². The van der Waals surface area contributed by atoms with E-state index in [1.807, 2.05) is 27.7 Å². The SMILES string of the molecule is CC(C)C[C@@H](NC(=O)CCC(C)(C)N)C(=O)O. The van der Waals surface area contributed by atoms with E-state index in [-0.39, 0.29) is 18.2 Å². The van der Waals surface area contributed by atoms with E-state index in [9.17, 15) is 9.59 Å². The first-order valence-electron chi connectivity index (χ1n) is 5.93. The Hall–Kier alpha value is -1.10. The Balaban J connectivity index is 4.18. The molecule has 0 aliphatic rings. The quantitative estimate of drug-likeness (QED) is 0.625. The van der Waals surface area contributed by atoms with Crippen LogP contribution in [0.15, 0.2) is 0 Å². The van der Waals surface area contributed by atoms with Crippen molar-refractivity contribution in [2.45, 2.75) is 58.5 Å². The highest BCUT2D eigenvalue weighted by atomic mass is 16.4. The summed E-state index contributed by atoms with van der Waals surface area (Å²) in [5.41, 5.74) is 5.35. The highest BCUT2D eigenvalue weighted by Crippen LogP contribution is 2.09. The Morgan fingerprint density at radius 3 is 2.24 bits per heavy atom. The minimum absolute atomic E-state index is 0.224. The average molecular weight is 244 g/mol. The molecule has 0 rings (SSSR count). The zero-order valence-corrected chi connectivity index (χ0v) is 11.1. The Bertz CT molecular complexity index is 269. The lowest BCUT2D eigenvalue weighted by molar-refractivity contribution is -0.142. The van der Waals surface area contributed by atoms with Crippen molar-refractivity contribution in [1.82, 2.24) is 5.32 Å². The van der Waals surface area contributed by atoms with E-state index in [1.54, 1.807) is 0 Å². The summed E-state index contributed by atoms with van der Waals surface area (Å²) in [6, 6.07) is -0.802. The lowest BCUT2D eigenvalue weighted by Crippen LogP contribution is -2.42. The Labute approximate surface area is 103 Å². The Morgan fingerprint density at radius 1 is 1.35 bits per heavy atom. The van der Waals surface area contributed by atoms with E-state index in [2.05, 4.69) is 5.32 Å². The maximum Gasteiger partial charge on any atom is 0.326 e.